The molecule has 1 unspecified atom stereocenters. The number of hydrogen-bond acceptors (Lipinski definition) is 4. The van der Waals surface area contributed by atoms with Gasteiger partial charge in [0.05, 0.1) is 11.9 Å². The largest absolute Gasteiger partial charge is 0.262 e. The molecule has 1 atom stereocenters. The lowest BCUT2D eigenvalue weighted by atomic mass is 10.3. The molecule has 0 aliphatic heterocycles. The molecule has 0 N–H and O–H groups in total. The minimum Gasteiger partial charge on any atom is -0.262 e. The fourth-order valence-electron chi connectivity index (χ4n) is 1.11. The van der Waals surface area contributed by atoms with Crippen LogP contribution < -0.4 is 0 Å². The topological polar surface area (TPSA) is 76.4 Å². The van der Waals surface area contributed by atoms with E-state index in [2.05, 4.69) is 20.5 Å². The molecule has 71 valence electrons. The smallest absolute Gasteiger partial charge is 0.188 e. The van der Waals surface area contributed by atoms with E-state index in [1.54, 1.807) is 24.5 Å². The first-order valence-corrected chi connectivity index (χ1v) is 4.13. The number of nitrogens with zero attached hydrogens (tertiary/aromatic N) is 5. The van der Waals surface area contributed by atoms with Gasteiger partial charge in [-0.1, -0.05) is 0 Å². The molecule has 0 amide bonds. The Morgan fingerprint density at radius 1 is 1.50 bits per heavy atom. The van der Waals surface area contributed by atoms with E-state index in [1.807, 2.05) is 0 Å². The number of hydrogen-bond donors (Lipinski definition) is 0. The zero-order valence-electron chi connectivity index (χ0n) is 7.53. The van der Waals surface area contributed by atoms with Gasteiger partial charge in [-0.25, -0.2) is 5.11 Å². The molecule has 0 saturated carbocycles. The van der Waals surface area contributed by atoms with Crippen LogP contribution in [0.15, 0.2) is 24.5 Å². The Morgan fingerprint density at radius 3 is 3.00 bits per heavy atom. The lowest BCUT2D eigenvalue weighted by Gasteiger charge is -2.03. The molecule has 0 saturated heterocycles. The van der Waals surface area contributed by atoms with E-state index in [4.69, 9.17) is 0 Å². The van der Waals surface area contributed by atoms with Crippen LogP contribution in [-0.2, 0) is 5.11 Å². The van der Waals surface area contributed by atoms with Crippen LogP contribution in [0.3, 0.4) is 0 Å². The molecule has 1 radical (unpaired) electrons. The molecule has 0 aromatic carbocycles. The Bertz CT molecular complexity index is 411. The van der Waals surface area contributed by atoms with Crippen LogP contribution in [-0.4, -0.2) is 25.2 Å². The Balaban J connectivity index is 2.47. The second kappa shape index (κ2) is 3.51. The predicted molar refractivity (Wildman–Crippen MR) is 46.1 cm³/mol. The quantitative estimate of drug-likeness (QED) is 0.692. The first-order chi connectivity index (χ1) is 6.79. The first-order valence-electron chi connectivity index (χ1n) is 4.13. The van der Waals surface area contributed by atoms with Crippen molar-refractivity contribution < 1.29 is 5.11 Å². The van der Waals surface area contributed by atoms with Crippen LogP contribution in [0.5, 0.6) is 0 Å². The molecule has 2 aromatic heterocycles. The molecule has 2 aromatic rings. The minimum absolute atomic E-state index is 0.290. The maximum Gasteiger partial charge on any atom is 0.188 e. The van der Waals surface area contributed by atoms with Gasteiger partial charge < -0.3 is 0 Å². The van der Waals surface area contributed by atoms with Gasteiger partial charge in [-0.05, 0) is 29.5 Å². The van der Waals surface area contributed by atoms with E-state index >= 15 is 0 Å². The van der Waals surface area contributed by atoms with Crippen LogP contribution in [0.2, 0.25) is 0 Å². The van der Waals surface area contributed by atoms with Crippen LogP contribution in [0.4, 0.5) is 0 Å². The van der Waals surface area contributed by atoms with Gasteiger partial charge in [0.1, 0.15) is 0 Å². The lowest BCUT2D eigenvalue weighted by molar-refractivity contribution is 0.0960. The Kier molecular flexibility index (Phi) is 2.19. The average molecular weight is 190 g/mol. The van der Waals surface area contributed by atoms with Gasteiger partial charge in [0.15, 0.2) is 11.9 Å². The molecular weight excluding hydrogens is 182 g/mol. The molecular formula is C8H8N5O. The fourth-order valence-corrected chi connectivity index (χ4v) is 1.11. The second-order valence-electron chi connectivity index (χ2n) is 2.80. The Hall–Kier alpha value is -1.82. The van der Waals surface area contributed by atoms with Crippen molar-refractivity contribution in [2.24, 2.45) is 0 Å². The average Bonchev–Trinajstić information content (AvgIpc) is 2.67. The van der Waals surface area contributed by atoms with Crippen molar-refractivity contribution >= 4 is 0 Å². The van der Waals surface area contributed by atoms with Crippen molar-refractivity contribution in [3.8, 4) is 5.69 Å². The van der Waals surface area contributed by atoms with Gasteiger partial charge in [-0.3, -0.25) is 4.98 Å². The predicted octanol–water partition coefficient (Wildman–Crippen LogP) is 0.549. The molecule has 14 heavy (non-hydrogen) atoms. The number of aromatic nitrogens is 5. The Morgan fingerprint density at radius 2 is 2.36 bits per heavy atom. The monoisotopic (exact) mass is 190 g/mol. The number of rotatable bonds is 2. The third kappa shape index (κ3) is 1.47. The van der Waals surface area contributed by atoms with E-state index < -0.39 is 6.10 Å². The van der Waals surface area contributed by atoms with Crippen LogP contribution in [0, 0.1) is 0 Å². The SMILES string of the molecule is CC([O])c1nnnn1-c1cccnc1. The van der Waals surface area contributed by atoms with Gasteiger partial charge in [-0.2, -0.15) is 4.68 Å². The van der Waals surface area contributed by atoms with Crippen molar-refractivity contribution in [1.82, 2.24) is 25.2 Å². The summed E-state index contributed by atoms with van der Waals surface area (Å²) in [5.41, 5.74) is 0.690. The summed E-state index contributed by atoms with van der Waals surface area (Å²) in [6.07, 6.45) is 2.29. The van der Waals surface area contributed by atoms with Crippen molar-refractivity contribution in [3.05, 3.63) is 30.4 Å². The maximum atomic E-state index is 11.2. The highest BCUT2D eigenvalue weighted by atomic mass is 16.3. The van der Waals surface area contributed by atoms with Crippen LogP contribution in [0.1, 0.15) is 18.9 Å². The molecule has 6 heteroatoms. The summed E-state index contributed by atoms with van der Waals surface area (Å²) in [5.74, 6) is 0.290. The normalized spacial score (nSPS) is 12.7. The third-order valence-corrected chi connectivity index (χ3v) is 1.75. The summed E-state index contributed by atoms with van der Waals surface area (Å²) >= 11 is 0. The highest BCUT2D eigenvalue weighted by Gasteiger charge is 2.13. The molecule has 0 bridgehead atoms. The van der Waals surface area contributed by atoms with E-state index in [0.29, 0.717) is 5.69 Å². The second-order valence-corrected chi connectivity index (χ2v) is 2.80. The zero-order chi connectivity index (χ0) is 9.97. The first kappa shape index (κ1) is 8.76. The summed E-state index contributed by atoms with van der Waals surface area (Å²) in [7, 11) is 0. The molecule has 0 fully saturated rings. The van der Waals surface area contributed by atoms with Gasteiger partial charge in [0.25, 0.3) is 0 Å². The van der Waals surface area contributed by atoms with E-state index in [9.17, 15) is 5.11 Å². The van der Waals surface area contributed by atoms with Crippen LogP contribution >= 0.6 is 0 Å². The summed E-state index contributed by atoms with van der Waals surface area (Å²) in [6.45, 7) is 1.50. The summed E-state index contributed by atoms with van der Waals surface area (Å²) < 4.78 is 1.39. The Labute approximate surface area is 80.2 Å². The third-order valence-electron chi connectivity index (χ3n) is 1.75. The standard InChI is InChI=1S/C8H8N5O/c1-6(14)8-10-11-12-13(8)7-3-2-4-9-5-7/h2-6H,1H3. The van der Waals surface area contributed by atoms with Crippen LogP contribution in [0.25, 0.3) is 5.69 Å². The lowest BCUT2D eigenvalue weighted by Crippen LogP contribution is -2.05. The van der Waals surface area contributed by atoms with Crippen molar-refractivity contribution in [2.45, 2.75) is 13.0 Å². The van der Waals surface area contributed by atoms with Crippen molar-refractivity contribution in [3.63, 3.8) is 0 Å². The molecule has 0 aliphatic rings. The summed E-state index contributed by atoms with van der Waals surface area (Å²) in [4.78, 5) is 3.92. The maximum absolute atomic E-state index is 11.2. The summed E-state index contributed by atoms with van der Waals surface area (Å²) in [6, 6.07) is 3.55. The highest BCUT2D eigenvalue weighted by Crippen LogP contribution is 2.12. The zero-order valence-corrected chi connectivity index (χ0v) is 7.53. The minimum atomic E-state index is -0.954. The molecule has 2 rings (SSSR count). The molecule has 0 spiro atoms. The number of tetrazole rings is 1. The van der Waals surface area contributed by atoms with E-state index in [-0.39, 0.29) is 5.82 Å². The van der Waals surface area contributed by atoms with Gasteiger partial charge in [-0.15, -0.1) is 5.10 Å². The fraction of sp³-hybridized carbons (Fsp3) is 0.250. The van der Waals surface area contributed by atoms with Crippen molar-refractivity contribution in [2.75, 3.05) is 0 Å². The molecule has 0 aliphatic carbocycles. The van der Waals surface area contributed by atoms with E-state index in [1.165, 1.54) is 11.6 Å². The van der Waals surface area contributed by atoms with Gasteiger partial charge >= 0.3 is 0 Å². The highest BCUT2D eigenvalue weighted by molar-refractivity contribution is 5.26. The van der Waals surface area contributed by atoms with Gasteiger partial charge in [0, 0.05) is 6.20 Å². The van der Waals surface area contributed by atoms with Gasteiger partial charge in [0.2, 0.25) is 0 Å². The van der Waals surface area contributed by atoms with Crippen molar-refractivity contribution in [1.29, 1.82) is 0 Å². The molecule has 6 nitrogen and oxygen atoms in total. The van der Waals surface area contributed by atoms with E-state index in [0.717, 1.165) is 0 Å². The number of pyridine rings is 1. The summed E-state index contributed by atoms with van der Waals surface area (Å²) in [5, 5.41) is 22.0. The molecule has 2 heterocycles.